The maximum Gasteiger partial charge on any atom is 0.221 e. The van der Waals surface area contributed by atoms with Gasteiger partial charge in [0.1, 0.15) is 5.25 Å². The van der Waals surface area contributed by atoms with Gasteiger partial charge in [-0.15, -0.1) is 10.2 Å². The molecular formula is C25H19Cl2N5O2S. The molecule has 1 aliphatic rings. The number of nitrogens with zero attached hydrogens (tertiary/aromatic N) is 3. The Balaban J connectivity index is 1.56. The average Bonchev–Trinajstić information content (AvgIpc) is 3.26. The molecule has 1 aromatic heterocycles. The van der Waals surface area contributed by atoms with Crippen molar-refractivity contribution in [2.24, 2.45) is 0 Å². The predicted molar refractivity (Wildman–Crippen MR) is 139 cm³/mol. The average molecular weight is 524 g/mol. The van der Waals surface area contributed by atoms with Crippen LogP contribution in [0.5, 0.6) is 0 Å². The third-order valence-corrected chi connectivity index (χ3v) is 7.28. The molecular weight excluding hydrogens is 505 g/mol. The van der Waals surface area contributed by atoms with Crippen LogP contribution in [0.4, 0.5) is 5.69 Å². The second kappa shape index (κ2) is 9.73. The number of halogens is 2. The number of fused-ring (bicyclic) bond motifs is 1. The first-order chi connectivity index (χ1) is 16.9. The second-order valence-corrected chi connectivity index (χ2v) is 9.90. The Kier molecular flexibility index (Phi) is 6.51. The molecule has 4 aromatic rings. The predicted octanol–water partition coefficient (Wildman–Crippen LogP) is 5.85. The zero-order valence-electron chi connectivity index (χ0n) is 18.4. The van der Waals surface area contributed by atoms with Gasteiger partial charge in [-0.05, 0) is 35.9 Å². The molecule has 10 heteroatoms. The molecule has 0 radical (unpaired) electrons. The van der Waals surface area contributed by atoms with Crippen LogP contribution in [-0.4, -0.2) is 31.8 Å². The third-order valence-electron chi connectivity index (χ3n) is 5.52. The van der Waals surface area contributed by atoms with Gasteiger partial charge in [-0.1, -0.05) is 77.4 Å². The lowest BCUT2D eigenvalue weighted by molar-refractivity contribution is -0.114. The molecule has 0 aliphatic carbocycles. The van der Waals surface area contributed by atoms with Crippen molar-refractivity contribution in [1.29, 1.82) is 0 Å². The van der Waals surface area contributed by atoms with Crippen LogP contribution in [0.1, 0.15) is 28.9 Å². The van der Waals surface area contributed by atoms with Gasteiger partial charge in [0.05, 0.1) is 11.1 Å². The molecule has 0 bridgehead atoms. The summed E-state index contributed by atoms with van der Waals surface area (Å²) in [5.41, 5.74) is 6.25. The molecule has 3 aromatic carbocycles. The van der Waals surface area contributed by atoms with Crippen LogP contribution >= 0.6 is 35.0 Å². The van der Waals surface area contributed by atoms with E-state index in [9.17, 15) is 9.59 Å². The summed E-state index contributed by atoms with van der Waals surface area (Å²) < 4.78 is 1.75. The quantitative estimate of drug-likeness (QED) is 0.319. The highest BCUT2D eigenvalue weighted by Crippen LogP contribution is 2.41. The minimum atomic E-state index is -0.505. The van der Waals surface area contributed by atoms with Crippen molar-refractivity contribution in [2.45, 2.75) is 23.4 Å². The van der Waals surface area contributed by atoms with Crippen molar-refractivity contribution in [2.75, 3.05) is 10.7 Å². The zero-order chi connectivity index (χ0) is 24.5. The fraction of sp³-hybridized carbons (Fsp3) is 0.120. The molecule has 0 unspecified atom stereocenters. The molecule has 0 fully saturated rings. The number of rotatable bonds is 5. The van der Waals surface area contributed by atoms with E-state index in [0.29, 0.717) is 37.8 Å². The topological polar surface area (TPSA) is 88.9 Å². The standard InChI is InChI=1S/C25H19Cl2N5O2S/c1-14(33)28-18-10-7-15(8-11-18)21-23(22(34)16-5-3-2-4-6-16)35-25-30-29-24(32(25)31-21)19-12-9-17(26)13-20(19)27/h2-13,21,23,31H,1H3,(H,28,33)/t21-,23+/m0/s1. The van der Waals surface area contributed by atoms with Gasteiger partial charge < -0.3 is 10.7 Å². The maximum absolute atomic E-state index is 13.6. The molecule has 2 N–H and O–H groups in total. The molecule has 0 spiro atoms. The van der Waals surface area contributed by atoms with Gasteiger partial charge in [0.25, 0.3) is 0 Å². The molecule has 7 nitrogen and oxygen atoms in total. The van der Waals surface area contributed by atoms with Crippen LogP contribution in [0.25, 0.3) is 11.4 Å². The molecule has 5 rings (SSSR count). The van der Waals surface area contributed by atoms with Crippen LogP contribution in [0.3, 0.4) is 0 Å². The van der Waals surface area contributed by atoms with E-state index in [-0.39, 0.29) is 11.7 Å². The van der Waals surface area contributed by atoms with Crippen LogP contribution in [0.15, 0.2) is 78.0 Å². The number of benzene rings is 3. The number of nitrogens with one attached hydrogen (secondary N) is 2. The monoisotopic (exact) mass is 523 g/mol. The Morgan fingerprint density at radius 3 is 2.43 bits per heavy atom. The SMILES string of the molecule is CC(=O)Nc1ccc([C@@H]2Nn3c(nnc3-c3ccc(Cl)cc3Cl)S[C@H]2C(=O)c2ccccc2)cc1. The summed E-state index contributed by atoms with van der Waals surface area (Å²) in [6, 6.07) is 21.3. The number of ketones is 1. The number of hydrogen-bond acceptors (Lipinski definition) is 6. The first-order valence-electron chi connectivity index (χ1n) is 10.7. The smallest absolute Gasteiger partial charge is 0.221 e. The fourth-order valence-electron chi connectivity index (χ4n) is 3.89. The largest absolute Gasteiger partial charge is 0.326 e. The lowest BCUT2D eigenvalue weighted by Crippen LogP contribution is -2.39. The molecule has 0 saturated carbocycles. The Morgan fingerprint density at radius 2 is 1.74 bits per heavy atom. The summed E-state index contributed by atoms with van der Waals surface area (Å²) in [4.78, 5) is 25.0. The summed E-state index contributed by atoms with van der Waals surface area (Å²) in [6.07, 6.45) is 0. The normalized spacial score (nSPS) is 16.8. The van der Waals surface area contributed by atoms with Crippen LogP contribution in [0, 0.1) is 0 Å². The molecule has 1 aliphatic heterocycles. The van der Waals surface area contributed by atoms with Gasteiger partial charge in [0.2, 0.25) is 11.1 Å². The van der Waals surface area contributed by atoms with E-state index >= 15 is 0 Å². The number of carbonyl (C=O) groups is 2. The Morgan fingerprint density at radius 1 is 1.00 bits per heavy atom. The van der Waals surface area contributed by atoms with E-state index < -0.39 is 11.3 Å². The van der Waals surface area contributed by atoms with Crippen molar-refractivity contribution in [1.82, 2.24) is 14.9 Å². The number of Topliss-reactive ketones (excluding diaryl/α,β-unsaturated/α-hetero) is 1. The van der Waals surface area contributed by atoms with Gasteiger partial charge in [0, 0.05) is 28.8 Å². The van der Waals surface area contributed by atoms with E-state index in [2.05, 4.69) is 20.9 Å². The Labute approximate surface area is 215 Å². The van der Waals surface area contributed by atoms with Crippen LogP contribution in [-0.2, 0) is 4.79 Å². The number of hydrogen-bond donors (Lipinski definition) is 2. The summed E-state index contributed by atoms with van der Waals surface area (Å²) in [5, 5.41) is 12.4. The number of amides is 1. The highest BCUT2D eigenvalue weighted by Gasteiger charge is 2.38. The van der Waals surface area contributed by atoms with Gasteiger partial charge >= 0.3 is 0 Å². The molecule has 2 atom stereocenters. The van der Waals surface area contributed by atoms with Crippen molar-refractivity contribution in [3.63, 3.8) is 0 Å². The number of aromatic nitrogens is 3. The highest BCUT2D eigenvalue weighted by atomic mass is 35.5. The Bertz CT molecular complexity index is 1410. The van der Waals surface area contributed by atoms with Gasteiger partial charge in [-0.25, -0.2) is 4.68 Å². The lowest BCUT2D eigenvalue weighted by Gasteiger charge is -2.33. The van der Waals surface area contributed by atoms with Crippen molar-refractivity contribution < 1.29 is 9.59 Å². The van der Waals surface area contributed by atoms with Crippen molar-refractivity contribution in [3.05, 3.63) is 94.0 Å². The van der Waals surface area contributed by atoms with E-state index in [1.54, 1.807) is 35.0 Å². The molecule has 176 valence electrons. The summed E-state index contributed by atoms with van der Waals surface area (Å²) in [6.45, 7) is 1.46. The number of carbonyl (C=O) groups excluding carboxylic acids is 2. The highest BCUT2D eigenvalue weighted by molar-refractivity contribution is 8.00. The summed E-state index contributed by atoms with van der Waals surface area (Å²) in [5.74, 6) is 0.332. The van der Waals surface area contributed by atoms with Crippen LogP contribution < -0.4 is 10.7 Å². The zero-order valence-corrected chi connectivity index (χ0v) is 20.7. The first-order valence-corrected chi connectivity index (χ1v) is 12.3. The molecule has 35 heavy (non-hydrogen) atoms. The van der Waals surface area contributed by atoms with E-state index in [1.807, 2.05) is 42.5 Å². The van der Waals surface area contributed by atoms with Gasteiger partial charge in [0.15, 0.2) is 11.6 Å². The summed E-state index contributed by atoms with van der Waals surface area (Å²) in [7, 11) is 0. The molecule has 1 amide bonds. The minimum absolute atomic E-state index is 0.0284. The van der Waals surface area contributed by atoms with E-state index in [0.717, 1.165) is 5.56 Å². The Hall–Kier alpha value is -3.33. The number of thioether (sulfide) groups is 1. The van der Waals surface area contributed by atoms with Crippen molar-refractivity contribution >= 4 is 52.3 Å². The van der Waals surface area contributed by atoms with Gasteiger partial charge in [-0.2, -0.15) is 0 Å². The van der Waals surface area contributed by atoms with Gasteiger partial charge in [-0.3, -0.25) is 9.59 Å². The third kappa shape index (κ3) is 4.77. The van der Waals surface area contributed by atoms with Crippen molar-refractivity contribution in [3.8, 4) is 11.4 Å². The second-order valence-electron chi connectivity index (χ2n) is 7.94. The van der Waals surface area contributed by atoms with E-state index in [4.69, 9.17) is 23.2 Å². The van der Waals surface area contributed by atoms with E-state index in [1.165, 1.54) is 18.7 Å². The molecule has 0 saturated heterocycles. The molecule has 2 heterocycles. The van der Waals surface area contributed by atoms with Crippen LogP contribution in [0.2, 0.25) is 10.0 Å². The first kappa shape index (κ1) is 23.4. The fourth-order valence-corrected chi connectivity index (χ4v) is 5.54. The maximum atomic E-state index is 13.6. The lowest BCUT2D eigenvalue weighted by atomic mass is 9.97. The summed E-state index contributed by atoms with van der Waals surface area (Å²) >= 11 is 13.9. The minimum Gasteiger partial charge on any atom is -0.326 e. The number of anilines is 1.